The second-order valence-corrected chi connectivity index (χ2v) is 4.03. The van der Waals surface area contributed by atoms with E-state index in [0.717, 1.165) is 6.07 Å². The van der Waals surface area contributed by atoms with E-state index in [0.29, 0.717) is 6.54 Å². The smallest absolute Gasteiger partial charge is 0.370 e. The van der Waals surface area contributed by atoms with E-state index in [-0.39, 0.29) is 16.1 Å². The van der Waals surface area contributed by atoms with E-state index in [2.05, 4.69) is 26.2 Å². The summed E-state index contributed by atoms with van der Waals surface area (Å²) in [5, 5.41) is 2.59. The largest absolute Gasteiger partial charge is 0.417 e. The molecular formula is C10H11BrF3N3. The number of aliphatic imine (C=N–C) groups is 1. The molecule has 0 heterocycles. The van der Waals surface area contributed by atoms with E-state index in [1.54, 1.807) is 6.92 Å². The number of hydrogen-bond acceptors (Lipinski definition) is 1. The fourth-order valence-corrected chi connectivity index (χ4v) is 1.65. The van der Waals surface area contributed by atoms with Gasteiger partial charge in [-0.15, -0.1) is 0 Å². The van der Waals surface area contributed by atoms with Gasteiger partial charge < -0.3 is 11.1 Å². The average Bonchev–Trinajstić information content (AvgIpc) is 2.19. The average molecular weight is 310 g/mol. The summed E-state index contributed by atoms with van der Waals surface area (Å²) in [6, 6.07) is 3.77. The molecule has 0 saturated carbocycles. The van der Waals surface area contributed by atoms with Crippen LogP contribution in [-0.4, -0.2) is 12.5 Å². The molecule has 0 bridgehead atoms. The van der Waals surface area contributed by atoms with Gasteiger partial charge in [0.25, 0.3) is 0 Å². The van der Waals surface area contributed by atoms with Crippen molar-refractivity contribution in [2.75, 3.05) is 11.9 Å². The first-order chi connectivity index (χ1) is 7.84. The van der Waals surface area contributed by atoms with E-state index >= 15 is 0 Å². The van der Waals surface area contributed by atoms with E-state index in [9.17, 15) is 13.2 Å². The van der Waals surface area contributed by atoms with Crippen molar-refractivity contribution in [2.45, 2.75) is 13.1 Å². The van der Waals surface area contributed by atoms with Crippen LogP contribution in [0, 0.1) is 0 Å². The number of guanidine groups is 1. The normalized spacial score (nSPS) is 12.6. The molecule has 0 aromatic heterocycles. The fraction of sp³-hybridized carbons (Fsp3) is 0.300. The van der Waals surface area contributed by atoms with Gasteiger partial charge in [-0.2, -0.15) is 13.2 Å². The first-order valence-corrected chi connectivity index (χ1v) is 5.57. The SMILES string of the molecule is CCN=C(N)Nc1ccc(Br)c(C(F)(F)F)c1. The number of alkyl halides is 3. The second kappa shape index (κ2) is 5.39. The Morgan fingerprint density at radius 2 is 2.12 bits per heavy atom. The Labute approximate surface area is 105 Å². The predicted molar refractivity (Wildman–Crippen MR) is 64.9 cm³/mol. The van der Waals surface area contributed by atoms with Crippen LogP contribution < -0.4 is 11.1 Å². The maximum Gasteiger partial charge on any atom is 0.417 e. The number of nitrogens with zero attached hydrogens (tertiary/aromatic N) is 1. The number of nitrogens with one attached hydrogen (secondary N) is 1. The molecule has 0 aliphatic rings. The number of benzene rings is 1. The number of nitrogens with two attached hydrogens (primary N) is 1. The zero-order valence-electron chi connectivity index (χ0n) is 8.98. The minimum atomic E-state index is -4.41. The lowest BCUT2D eigenvalue weighted by atomic mass is 10.2. The molecule has 7 heteroatoms. The minimum Gasteiger partial charge on any atom is -0.370 e. The van der Waals surface area contributed by atoms with E-state index in [1.807, 2.05) is 0 Å². The van der Waals surface area contributed by atoms with Gasteiger partial charge in [-0.3, -0.25) is 4.99 Å². The quantitative estimate of drug-likeness (QED) is 0.651. The zero-order chi connectivity index (χ0) is 13.1. The third kappa shape index (κ3) is 3.92. The maximum atomic E-state index is 12.6. The number of rotatable bonds is 2. The summed E-state index contributed by atoms with van der Waals surface area (Å²) >= 11 is 2.85. The lowest BCUT2D eigenvalue weighted by molar-refractivity contribution is -0.138. The van der Waals surface area contributed by atoms with E-state index < -0.39 is 11.7 Å². The fourth-order valence-electron chi connectivity index (χ4n) is 1.18. The minimum absolute atomic E-state index is 0.0125. The standard InChI is InChI=1S/C10H11BrF3N3/c1-2-16-9(15)17-6-3-4-8(11)7(5-6)10(12,13)14/h3-5H,2H2,1H3,(H3,15,16,17). The van der Waals surface area contributed by atoms with Gasteiger partial charge >= 0.3 is 6.18 Å². The zero-order valence-corrected chi connectivity index (χ0v) is 10.6. The Morgan fingerprint density at radius 3 is 2.65 bits per heavy atom. The predicted octanol–water partition coefficient (Wildman–Crippen LogP) is 3.21. The van der Waals surface area contributed by atoms with Gasteiger partial charge in [0.05, 0.1) is 5.56 Å². The molecule has 0 radical (unpaired) electrons. The van der Waals surface area contributed by atoms with Gasteiger partial charge in [-0.1, -0.05) is 15.9 Å². The number of halogens is 4. The van der Waals surface area contributed by atoms with Crippen LogP contribution in [0.15, 0.2) is 27.7 Å². The van der Waals surface area contributed by atoms with Gasteiger partial charge in [-0.25, -0.2) is 0 Å². The van der Waals surface area contributed by atoms with Crippen molar-refractivity contribution in [3.63, 3.8) is 0 Å². The third-order valence-corrected chi connectivity index (χ3v) is 2.56. The van der Waals surface area contributed by atoms with Crippen LogP contribution in [0.4, 0.5) is 18.9 Å². The molecule has 3 N–H and O–H groups in total. The van der Waals surface area contributed by atoms with Crippen molar-refractivity contribution >= 4 is 27.6 Å². The molecule has 0 saturated heterocycles. The van der Waals surface area contributed by atoms with Crippen molar-refractivity contribution in [1.29, 1.82) is 0 Å². The van der Waals surface area contributed by atoms with Crippen LogP contribution in [0.2, 0.25) is 0 Å². The molecule has 0 spiro atoms. The highest BCUT2D eigenvalue weighted by atomic mass is 79.9. The summed E-state index contributed by atoms with van der Waals surface area (Å²) in [6.45, 7) is 2.23. The summed E-state index contributed by atoms with van der Waals surface area (Å²) < 4.78 is 37.8. The van der Waals surface area contributed by atoms with Crippen molar-refractivity contribution in [2.24, 2.45) is 10.7 Å². The second-order valence-electron chi connectivity index (χ2n) is 3.18. The molecule has 0 aliphatic heterocycles. The summed E-state index contributed by atoms with van der Waals surface area (Å²) in [5.41, 5.74) is 4.95. The number of anilines is 1. The summed E-state index contributed by atoms with van der Waals surface area (Å²) in [4.78, 5) is 3.82. The van der Waals surface area contributed by atoms with E-state index in [4.69, 9.17) is 5.73 Å². The first-order valence-electron chi connectivity index (χ1n) is 4.78. The van der Waals surface area contributed by atoms with Gasteiger partial charge in [-0.05, 0) is 25.1 Å². The summed E-state index contributed by atoms with van der Waals surface area (Å²) in [7, 11) is 0. The molecule has 1 rings (SSSR count). The summed E-state index contributed by atoms with van der Waals surface area (Å²) in [6.07, 6.45) is -4.41. The molecule has 0 atom stereocenters. The highest BCUT2D eigenvalue weighted by Crippen LogP contribution is 2.36. The molecule has 1 aromatic carbocycles. The van der Waals surface area contributed by atoms with Gasteiger partial charge in [0.15, 0.2) is 5.96 Å². The molecule has 94 valence electrons. The van der Waals surface area contributed by atoms with Crippen LogP contribution in [-0.2, 0) is 6.18 Å². The van der Waals surface area contributed by atoms with Crippen LogP contribution in [0.1, 0.15) is 12.5 Å². The molecule has 0 fully saturated rings. The van der Waals surface area contributed by atoms with Crippen LogP contribution in [0.3, 0.4) is 0 Å². The van der Waals surface area contributed by atoms with Gasteiger partial charge in [0.2, 0.25) is 0 Å². The first kappa shape index (κ1) is 13.8. The monoisotopic (exact) mass is 309 g/mol. The lowest BCUT2D eigenvalue weighted by Gasteiger charge is -2.12. The Balaban J connectivity index is 3.01. The van der Waals surface area contributed by atoms with Crippen molar-refractivity contribution in [3.05, 3.63) is 28.2 Å². The van der Waals surface area contributed by atoms with Gasteiger partial charge in [0, 0.05) is 16.7 Å². The topological polar surface area (TPSA) is 50.4 Å². The third-order valence-electron chi connectivity index (χ3n) is 1.87. The molecule has 0 amide bonds. The van der Waals surface area contributed by atoms with Crippen molar-refractivity contribution in [1.82, 2.24) is 0 Å². The van der Waals surface area contributed by atoms with Crippen LogP contribution >= 0.6 is 15.9 Å². The van der Waals surface area contributed by atoms with Crippen LogP contribution in [0.5, 0.6) is 0 Å². The Kier molecular flexibility index (Phi) is 4.39. The van der Waals surface area contributed by atoms with Crippen molar-refractivity contribution in [3.8, 4) is 0 Å². The van der Waals surface area contributed by atoms with Gasteiger partial charge in [0.1, 0.15) is 0 Å². The Morgan fingerprint density at radius 1 is 1.47 bits per heavy atom. The molecule has 1 aromatic rings. The molecule has 3 nitrogen and oxygen atoms in total. The Hall–Kier alpha value is -1.24. The maximum absolute atomic E-state index is 12.6. The van der Waals surface area contributed by atoms with Crippen molar-refractivity contribution < 1.29 is 13.2 Å². The Bertz CT molecular complexity index is 429. The number of hydrogen-bond donors (Lipinski definition) is 2. The molecule has 17 heavy (non-hydrogen) atoms. The highest BCUT2D eigenvalue weighted by Gasteiger charge is 2.33. The van der Waals surface area contributed by atoms with E-state index in [1.165, 1.54) is 12.1 Å². The highest BCUT2D eigenvalue weighted by molar-refractivity contribution is 9.10. The molecular weight excluding hydrogens is 299 g/mol. The lowest BCUT2D eigenvalue weighted by Crippen LogP contribution is -2.23. The molecule has 0 unspecified atom stereocenters. The summed E-state index contributed by atoms with van der Waals surface area (Å²) in [5.74, 6) is 0.0861. The van der Waals surface area contributed by atoms with Crippen LogP contribution in [0.25, 0.3) is 0 Å². The molecule has 0 aliphatic carbocycles.